The zero-order chi connectivity index (χ0) is 27.7. The van der Waals surface area contributed by atoms with Gasteiger partial charge in [-0.25, -0.2) is 9.86 Å². The number of amides is 2. The van der Waals surface area contributed by atoms with Gasteiger partial charge >= 0.3 is 6.03 Å². The van der Waals surface area contributed by atoms with Gasteiger partial charge in [0.05, 0.1) is 47.3 Å². The largest absolute Gasteiger partial charge is 0.493 e. The molecule has 2 atom stereocenters. The summed E-state index contributed by atoms with van der Waals surface area (Å²) >= 11 is 0. The molecule has 2 amide bonds. The average Bonchev–Trinajstić information content (AvgIpc) is 3.43. The normalized spacial score (nSPS) is 16.8. The van der Waals surface area contributed by atoms with E-state index in [4.69, 9.17) is 28.4 Å². The lowest BCUT2D eigenvalue weighted by Crippen LogP contribution is -2.31. The van der Waals surface area contributed by atoms with Crippen molar-refractivity contribution in [3.8, 4) is 28.7 Å². The number of methoxy groups -OCH3 is 4. The van der Waals surface area contributed by atoms with Crippen molar-refractivity contribution in [1.82, 2.24) is 10.4 Å². The number of hydrogen-bond acceptors (Lipinski definition) is 8. The van der Waals surface area contributed by atoms with E-state index in [-0.39, 0.29) is 12.2 Å². The second-order valence-corrected chi connectivity index (χ2v) is 8.79. The highest BCUT2D eigenvalue weighted by Gasteiger charge is 2.31. The van der Waals surface area contributed by atoms with Crippen molar-refractivity contribution in [2.24, 2.45) is 0 Å². The number of rotatable bonds is 12. The summed E-state index contributed by atoms with van der Waals surface area (Å²) in [5, 5.41) is 12.2. The molecule has 0 bridgehead atoms. The minimum atomic E-state index is -0.632. The highest BCUT2D eigenvalue weighted by atomic mass is 16.5. The van der Waals surface area contributed by atoms with Crippen LogP contribution in [0.15, 0.2) is 36.5 Å². The van der Waals surface area contributed by atoms with Gasteiger partial charge in [0.1, 0.15) is 0 Å². The molecular weight excluding hydrogens is 492 g/mol. The molecule has 2 aromatic rings. The first-order valence-electron chi connectivity index (χ1n) is 12.5. The van der Waals surface area contributed by atoms with Gasteiger partial charge in [-0.15, -0.1) is 0 Å². The number of carbonyl (C=O) groups is 1. The molecule has 10 nitrogen and oxygen atoms in total. The Morgan fingerprint density at radius 2 is 1.53 bits per heavy atom. The van der Waals surface area contributed by atoms with Gasteiger partial charge in [0.25, 0.3) is 0 Å². The number of hydroxylamine groups is 2. The molecule has 2 unspecified atom stereocenters. The summed E-state index contributed by atoms with van der Waals surface area (Å²) in [6.07, 6.45) is 5.92. The fourth-order valence-corrected chi connectivity index (χ4v) is 4.37. The van der Waals surface area contributed by atoms with Gasteiger partial charge in [-0.2, -0.15) is 0 Å². The summed E-state index contributed by atoms with van der Waals surface area (Å²) in [7, 11) is 7.63. The van der Waals surface area contributed by atoms with Crippen molar-refractivity contribution in [2.45, 2.75) is 44.8 Å². The van der Waals surface area contributed by atoms with E-state index >= 15 is 0 Å². The Morgan fingerprint density at radius 1 is 0.974 bits per heavy atom. The van der Waals surface area contributed by atoms with Crippen LogP contribution >= 0.6 is 0 Å². The zero-order valence-electron chi connectivity index (χ0n) is 22.9. The van der Waals surface area contributed by atoms with Crippen LogP contribution in [0.5, 0.6) is 28.7 Å². The van der Waals surface area contributed by atoms with E-state index in [1.54, 1.807) is 34.5 Å². The Balaban J connectivity index is 1.87. The molecule has 1 aliphatic rings. The average molecular weight is 531 g/mol. The Kier molecular flexibility index (Phi) is 10.5. The molecule has 1 aliphatic heterocycles. The van der Waals surface area contributed by atoms with Crippen LogP contribution < -0.4 is 29.0 Å². The monoisotopic (exact) mass is 530 g/mol. The molecule has 10 heteroatoms. The van der Waals surface area contributed by atoms with Crippen LogP contribution in [0.1, 0.15) is 55.1 Å². The maximum atomic E-state index is 11.6. The predicted molar refractivity (Wildman–Crippen MR) is 142 cm³/mol. The molecule has 208 valence electrons. The molecule has 1 saturated heterocycles. The van der Waals surface area contributed by atoms with Gasteiger partial charge in [-0.1, -0.05) is 13.0 Å². The first kappa shape index (κ1) is 28.9. The molecular formula is C28H38N2O8. The molecule has 2 N–H and O–H groups in total. The number of allylic oxidation sites excluding steroid dienone is 1. The highest BCUT2D eigenvalue weighted by Crippen LogP contribution is 2.47. The minimum Gasteiger partial charge on any atom is -0.493 e. The third-order valence-electron chi connectivity index (χ3n) is 6.23. The lowest BCUT2D eigenvalue weighted by Gasteiger charge is -2.20. The second-order valence-electron chi connectivity index (χ2n) is 8.79. The minimum absolute atomic E-state index is 0.148. The predicted octanol–water partition coefficient (Wildman–Crippen LogP) is 5.19. The van der Waals surface area contributed by atoms with Crippen LogP contribution in [0.2, 0.25) is 0 Å². The van der Waals surface area contributed by atoms with Gasteiger partial charge in [-0.05, 0) is 61.1 Å². The Bertz CT molecular complexity index is 1090. The van der Waals surface area contributed by atoms with Gasteiger partial charge < -0.3 is 33.7 Å². The second kappa shape index (κ2) is 13.8. The first-order chi connectivity index (χ1) is 18.4. The van der Waals surface area contributed by atoms with Crippen molar-refractivity contribution in [3.05, 3.63) is 53.2 Å². The molecule has 2 aromatic carbocycles. The van der Waals surface area contributed by atoms with Crippen LogP contribution in [0, 0.1) is 0 Å². The third-order valence-corrected chi connectivity index (χ3v) is 6.23. The number of hydrogen-bond donors (Lipinski definition) is 2. The maximum absolute atomic E-state index is 11.6. The van der Waals surface area contributed by atoms with Crippen molar-refractivity contribution < 1.29 is 38.4 Å². The van der Waals surface area contributed by atoms with E-state index in [2.05, 4.69) is 11.4 Å². The SMILES string of the molecule is CCCOc1c(C/C=C/NC(=O)N(C)O)cc(C2CCC(c3cc(OC)c(OC)c(OC)c3)O2)cc1OC. The van der Waals surface area contributed by atoms with Crippen molar-refractivity contribution in [2.75, 3.05) is 42.1 Å². The molecule has 0 radical (unpaired) electrons. The van der Waals surface area contributed by atoms with Crippen LogP contribution in [-0.4, -0.2) is 58.4 Å². The Morgan fingerprint density at radius 3 is 2.03 bits per heavy atom. The van der Waals surface area contributed by atoms with Crippen LogP contribution in [0.25, 0.3) is 0 Å². The van der Waals surface area contributed by atoms with E-state index in [1.165, 1.54) is 13.2 Å². The summed E-state index contributed by atoms with van der Waals surface area (Å²) in [4.78, 5) is 11.6. The molecule has 1 fully saturated rings. The summed E-state index contributed by atoms with van der Waals surface area (Å²) in [6, 6.07) is 7.23. The van der Waals surface area contributed by atoms with E-state index in [9.17, 15) is 10.0 Å². The highest BCUT2D eigenvalue weighted by molar-refractivity contribution is 5.73. The number of urea groups is 1. The van der Waals surface area contributed by atoms with E-state index in [1.807, 2.05) is 25.1 Å². The van der Waals surface area contributed by atoms with Gasteiger partial charge in [0, 0.05) is 18.8 Å². The smallest absolute Gasteiger partial charge is 0.344 e. The molecule has 3 rings (SSSR count). The van der Waals surface area contributed by atoms with Gasteiger partial charge in [0.2, 0.25) is 5.75 Å². The molecule has 0 aliphatic carbocycles. The number of ether oxygens (including phenoxy) is 6. The molecule has 0 saturated carbocycles. The van der Waals surface area contributed by atoms with E-state index in [0.29, 0.717) is 46.8 Å². The summed E-state index contributed by atoms with van der Waals surface area (Å²) < 4.78 is 34.7. The number of nitrogens with one attached hydrogen (secondary N) is 1. The van der Waals surface area contributed by atoms with Gasteiger partial charge in [-0.3, -0.25) is 5.21 Å². The number of carbonyl (C=O) groups excluding carboxylic acids is 1. The standard InChI is InChI=1S/C28H38N2O8/c1-7-13-37-26-18(9-8-12-29-28(31)30(2)32)14-19(15-23(26)33-3)21-10-11-22(38-21)20-16-24(34-4)27(36-6)25(17-20)35-5/h8,12,14-17,21-22,32H,7,9-11,13H2,1-6H3,(H,29,31)/b12-8+. The van der Waals surface area contributed by atoms with Crippen LogP contribution in [-0.2, 0) is 11.2 Å². The summed E-state index contributed by atoms with van der Waals surface area (Å²) in [6.45, 7) is 2.58. The topological polar surface area (TPSA) is 108 Å². The Hall–Kier alpha value is -3.63. The van der Waals surface area contributed by atoms with Crippen molar-refractivity contribution >= 4 is 6.03 Å². The molecule has 1 heterocycles. The first-order valence-corrected chi connectivity index (χ1v) is 12.5. The van der Waals surface area contributed by atoms with Crippen molar-refractivity contribution in [1.29, 1.82) is 0 Å². The van der Waals surface area contributed by atoms with E-state index in [0.717, 1.165) is 36.0 Å². The quantitative estimate of drug-likeness (QED) is 0.285. The number of nitrogens with zero attached hydrogens (tertiary/aromatic N) is 1. The van der Waals surface area contributed by atoms with Crippen LogP contribution in [0.4, 0.5) is 4.79 Å². The third kappa shape index (κ3) is 6.81. The van der Waals surface area contributed by atoms with Crippen molar-refractivity contribution in [3.63, 3.8) is 0 Å². The van der Waals surface area contributed by atoms with E-state index < -0.39 is 6.03 Å². The zero-order valence-corrected chi connectivity index (χ0v) is 22.9. The molecule has 0 spiro atoms. The maximum Gasteiger partial charge on any atom is 0.344 e. The van der Waals surface area contributed by atoms with Gasteiger partial charge in [0.15, 0.2) is 23.0 Å². The number of benzene rings is 2. The molecule has 38 heavy (non-hydrogen) atoms. The summed E-state index contributed by atoms with van der Waals surface area (Å²) in [5.41, 5.74) is 2.82. The van der Waals surface area contributed by atoms with Crippen LogP contribution in [0.3, 0.4) is 0 Å². The Labute approximate surface area is 224 Å². The fraction of sp³-hybridized carbons (Fsp3) is 0.464. The summed E-state index contributed by atoms with van der Waals surface area (Å²) in [5.74, 6) is 2.99. The lowest BCUT2D eigenvalue weighted by molar-refractivity contribution is -0.0168. The molecule has 0 aromatic heterocycles. The lowest BCUT2D eigenvalue weighted by atomic mass is 9.99. The fourth-order valence-electron chi connectivity index (χ4n) is 4.37.